The second kappa shape index (κ2) is 2.70. The number of hydrogen-bond donors (Lipinski definition) is 0. The first kappa shape index (κ1) is 7.08. The average molecular weight is 157 g/mol. The van der Waals surface area contributed by atoms with Crippen LogP contribution in [0.2, 0.25) is 0 Å². The third kappa shape index (κ3) is 1.27. The van der Waals surface area contributed by atoms with Gasteiger partial charge in [0.15, 0.2) is 5.06 Å². The van der Waals surface area contributed by atoms with E-state index < -0.39 is 5.97 Å². The molecule has 0 radical (unpaired) electrons. The molecule has 0 saturated carbocycles. The molecule has 0 fully saturated rings. The molecule has 1 rings (SSSR count). The number of rotatable bonds is 2. The van der Waals surface area contributed by atoms with Crippen LogP contribution in [0.1, 0.15) is 10.4 Å². The fraction of sp³-hybridized carbons (Fsp3) is 0.167. The van der Waals surface area contributed by atoms with Crippen molar-refractivity contribution in [2.24, 2.45) is 0 Å². The van der Waals surface area contributed by atoms with E-state index in [1.807, 2.05) is 0 Å². The average Bonchev–Trinajstić information content (AvgIpc) is 2.34. The van der Waals surface area contributed by atoms with Crippen LogP contribution < -0.4 is 9.84 Å². The van der Waals surface area contributed by atoms with Crippen LogP contribution in [-0.4, -0.2) is 13.1 Å². The van der Waals surface area contributed by atoms with Crippen molar-refractivity contribution in [3.8, 4) is 5.06 Å². The summed E-state index contributed by atoms with van der Waals surface area (Å²) >= 11 is 1.23. The Kier molecular flexibility index (Phi) is 1.91. The van der Waals surface area contributed by atoms with Crippen LogP contribution in [0.4, 0.5) is 0 Å². The van der Waals surface area contributed by atoms with E-state index in [9.17, 15) is 9.90 Å². The van der Waals surface area contributed by atoms with Crippen molar-refractivity contribution < 1.29 is 14.6 Å². The molecular formula is C6H5O3S-. The standard InChI is InChI=1S/C6H6O3S/c1-9-5-2-4(3-10-5)6(7)8/h2-3H,1H3,(H,7,8)/p-1. The Labute approximate surface area is 61.9 Å². The number of carbonyl (C=O) groups excluding carboxylic acids is 1. The van der Waals surface area contributed by atoms with Gasteiger partial charge in [-0.1, -0.05) is 0 Å². The second-order valence-corrected chi connectivity index (χ2v) is 2.52. The number of hydrogen-bond acceptors (Lipinski definition) is 4. The molecule has 0 unspecified atom stereocenters. The zero-order chi connectivity index (χ0) is 7.56. The maximum Gasteiger partial charge on any atom is 0.173 e. The molecule has 0 bridgehead atoms. The molecule has 1 aromatic rings. The lowest BCUT2D eigenvalue weighted by molar-refractivity contribution is -0.255. The number of methoxy groups -OCH3 is 1. The maximum atomic E-state index is 10.2. The first-order valence-electron chi connectivity index (χ1n) is 2.58. The van der Waals surface area contributed by atoms with Crippen LogP contribution in [0.3, 0.4) is 0 Å². The van der Waals surface area contributed by atoms with Crippen molar-refractivity contribution in [3.63, 3.8) is 0 Å². The van der Waals surface area contributed by atoms with Crippen LogP contribution in [0.15, 0.2) is 11.4 Å². The topological polar surface area (TPSA) is 49.4 Å². The summed E-state index contributed by atoms with van der Waals surface area (Å²) < 4.78 is 4.77. The summed E-state index contributed by atoms with van der Waals surface area (Å²) in [7, 11) is 1.49. The second-order valence-electron chi connectivity index (χ2n) is 1.65. The first-order chi connectivity index (χ1) is 4.74. The molecule has 0 N–H and O–H groups in total. The van der Waals surface area contributed by atoms with Crippen molar-refractivity contribution >= 4 is 17.3 Å². The number of thiophene rings is 1. The molecular weight excluding hydrogens is 152 g/mol. The Balaban J connectivity index is 2.88. The fourth-order valence-corrected chi connectivity index (χ4v) is 1.23. The van der Waals surface area contributed by atoms with Crippen LogP contribution in [0.5, 0.6) is 5.06 Å². The van der Waals surface area contributed by atoms with Gasteiger partial charge in [-0.25, -0.2) is 0 Å². The molecule has 1 aromatic heterocycles. The van der Waals surface area contributed by atoms with Gasteiger partial charge in [0, 0.05) is 17.0 Å². The van der Waals surface area contributed by atoms with Crippen molar-refractivity contribution in [2.45, 2.75) is 0 Å². The van der Waals surface area contributed by atoms with Gasteiger partial charge in [0.2, 0.25) is 0 Å². The SMILES string of the molecule is COc1cc(C(=O)[O-])cs1. The van der Waals surface area contributed by atoms with Gasteiger partial charge in [0.1, 0.15) is 0 Å². The maximum absolute atomic E-state index is 10.2. The van der Waals surface area contributed by atoms with Gasteiger partial charge >= 0.3 is 0 Å². The molecule has 0 aliphatic rings. The Morgan fingerprint density at radius 2 is 2.50 bits per heavy atom. The van der Waals surface area contributed by atoms with E-state index in [-0.39, 0.29) is 5.56 Å². The van der Waals surface area contributed by atoms with Crippen LogP contribution in [-0.2, 0) is 0 Å². The van der Waals surface area contributed by atoms with E-state index >= 15 is 0 Å². The Hall–Kier alpha value is -1.03. The summed E-state index contributed by atoms with van der Waals surface area (Å²) in [5, 5.41) is 12.2. The third-order valence-electron chi connectivity index (χ3n) is 1.01. The zero-order valence-corrected chi connectivity index (χ0v) is 6.10. The minimum absolute atomic E-state index is 0.168. The minimum atomic E-state index is -1.17. The Morgan fingerprint density at radius 3 is 2.80 bits per heavy atom. The summed E-state index contributed by atoms with van der Waals surface area (Å²) in [6, 6.07) is 1.43. The molecule has 3 nitrogen and oxygen atoms in total. The lowest BCUT2D eigenvalue weighted by atomic mass is 10.3. The van der Waals surface area contributed by atoms with Gasteiger partial charge in [-0.05, 0) is 0 Å². The normalized spacial score (nSPS) is 9.30. The summed E-state index contributed by atoms with van der Waals surface area (Å²) in [4.78, 5) is 10.2. The molecule has 0 saturated heterocycles. The van der Waals surface area contributed by atoms with E-state index in [0.717, 1.165) is 0 Å². The Bertz CT molecular complexity index is 241. The van der Waals surface area contributed by atoms with Crippen LogP contribution in [0.25, 0.3) is 0 Å². The van der Waals surface area contributed by atoms with Gasteiger partial charge in [-0.15, -0.1) is 11.3 Å². The Morgan fingerprint density at radius 1 is 1.80 bits per heavy atom. The lowest BCUT2D eigenvalue weighted by Crippen LogP contribution is -2.21. The predicted molar refractivity (Wildman–Crippen MR) is 35.2 cm³/mol. The lowest BCUT2D eigenvalue weighted by Gasteiger charge is -1.93. The van der Waals surface area contributed by atoms with Crippen LogP contribution in [0, 0.1) is 0 Å². The van der Waals surface area contributed by atoms with E-state index in [4.69, 9.17) is 4.74 Å². The number of ether oxygens (including phenoxy) is 1. The molecule has 0 atom stereocenters. The van der Waals surface area contributed by atoms with Crippen molar-refractivity contribution in [2.75, 3.05) is 7.11 Å². The summed E-state index contributed by atoms with van der Waals surface area (Å²) in [5.74, 6) is -1.17. The van der Waals surface area contributed by atoms with Gasteiger partial charge in [0.25, 0.3) is 0 Å². The highest BCUT2D eigenvalue weighted by molar-refractivity contribution is 7.12. The highest BCUT2D eigenvalue weighted by Crippen LogP contribution is 2.21. The molecule has 0 amide bonds. The molecule has 0 spiro atoms. The molecule has 10 heavy (non-hydrogen) atoms. The first-order valence-corrected chi connectivity index (χ1v) is 3.46. The molecule has 54 valence electrons. The zero-order valence-electron chi connectivity index (χ0n) is 5.29. The quantitative estimate of drug-likeness (QED) is 0.612. The predicted octanol–water partition coefficient (Wildman–Crippen LogP) is 0.120. The van der Waals surface area contributed by atoms with Gasteiger partial charge in [-0.2, -0.15) is 0 Å². The molecule has 4 heteroatoms. The third-order valence-corrected chi connectivity index (χ3v) is 1.90. The summed E-state index contributed by atoms with van der Waals surface area (Å²) in [6.45, 7) is 0. The number of carboxylic acids is 1. The van der Waals surface area contributed by atoms with Gasteiger partial charge in [-0.3, -0.25) is 0 Å². The monoisotopic (exact) mass is 157 g/mol. The van der Waals surface area contributed by atoms with E-state index in [0.29, 0.717) is 5.06 Å². The highest BCUT2D eigenvalue weighted by atomic mass is 32.1. The molecule has 0 aromatic carbocycles. The summed E-state index contributed by atoms with van der Waals surface area (Å²) in [5.41, 5.74) is 0.168. The van der Waals surface area contributed by atoms with E-state index in [2.05, 4.69) is 0 Å². The molecule has 1 heterocycles. The number of carbonyl (C=O) groups is 1. The van der Waals surface area contributed by atoms with Crippen molar-refractivity contribution in [3.05, 3.63) is 17.0 Å². The number of carboxylic acid groups (broad SMARTS) is 1. The van der Waals surface area contributed by atoms with E-state index in [1.165, 1.54) is 29.9 Å². The van der Waals surface area contributed by atoms with Gasteiger partial charge in [0.05, 0.1) is 13.1 Å². The smallest absolute Gasteiger partial charge is 0.173 e. The number of aromatic carboxylic acids is 1. The van der Waals surface area contributed by atoms with Crippen LogP contribution >= 0.6 is 11.3 Å². The minimum Gasteiger partial charge on any atom is -0.545 e. The highest BCUT2D eigenvalue weighted by Gasteiger charge is 1.98. The van der Waals surface area contributed by atoms with Gasteiger partial charge < -0.3 is 14.6 Å². The van der Waals surface area contributed by atoms with E-state index in [1.54, 1.807) is 0 Å². The molecule has 0 aliphatic carbocycles. The fourth-order valence-electron chi connectivity index (χ4n) is 0.531. The van der Waals surface area contributed by atoms with Crippen molar-refractivity contribution in [1.29, 1.82) is 0 Å². The summed E-state index contributed by atoms with van der Waals surface area (Å²) in [6.07, 6.45) is 0. The van der Waals surface area contributed by atoms with Crippen molar-refractivity contribution in [1.82, 2.24) is 0 Å². The molecule has 0 aliphatic heterocycles. The largest absolute Gasteiger partial charge is 0.545 e.